The summed E-state index contributed by atoms with van der Waals surface area (Å²) in [7, 11) is -4.01. The van der Waals surface area contributed by atoms with Crippen LogP contribution in [0, 0.1) is 5.82 Å². The molecular weight excluding hydrogens is 409 g/mol. The van der Waals surface area contributed by atoms with Crippen LogP contribution in [0.2, 0.25) is 0 Å². The van der Waals surface area contributed by atoms with Gasteiger partial charge in [-0.1, -0.05) is 60.3 Å². The summed E-state index contributed by atoms with van der Waals surface area (Å²) in [6.45, 7) is 0. The average Bonchev–Trinajstić information content (AvgIpc) is 2.72. The van der Waals surface area contributed by atoms with E-state index >= 15 is 0 Å². The molecule has 0 saturated carbocycles. The van der Waals surface area contributed by atoms with Crippen molar-refractivity contribution >= 4 is 38.2 Å². The number of aromatic hydroxyl groups is 1. The maximum Gasteiger partial charge on any atom is 0.262 e. The summed E-state index contributed by atoms with van der Waals surface area (Å²) in [6.07, 6.45) is 0. The Morgan fingerprint density at radius 1 is 0.828 bits per heavy atom. The number of hydrogen-bond donors (Lipinski definition) is 2. The number of fused-ring (bicyclic) bond motifs is 1. The third-order valence-corrected chi connectivity index (χ3v) is 6.71. The minimum Gasteiger partial charge on any atom is -0.506 e. The Labute approximate surface area is 172 Å². The molecule has 0 aliphatic heterocycles. The SMILES string of the molecule is O=S(=O)(Nc1cc(Sc2ccccc2)c(O)c2ccccc12)c1cccc(F)c1. The summed E-state index contributed by atoms with van der Waals surface area (Å²) in [5.41, 5.74) is 0.307. The summed E-state index contributed by atoms with van der Waals surface area (Å²) in [4.78, 5) is 1.23. The Balaban J connectivity index is 1.82. The molecule has 146 valence electrons. The monoisotopic (exact) mass is 425 g/mol. The third kappa shape index (κ3) is 4.06. The summed E-state index contributed by atoms with van der Waals surface area (Å²) in [5.74, 6) is -0.563. The van der Waals surface area contributed by atoms with Crippen LogP contribution in [0.3, 0.4) is 0 Å². The first kappa shape index (κ1) is 19.3. The van der Waals surface area contributed by atoms with Gasteiger partial charge in [-0.2, -0.15) is 0 Å². The highest BCUT2D eigenvalue weighted by Gasteiger charge is 2.19. The quantitative estimate of drug-likeness (QED) is 0.406. The molecule has 4 rings (SSSR count). The zero-order valence-corrected chi connectivity index (χ0v) is 16.7. The Morgan fingerprint density at radius 3 is 2.24 bits per heavy atom. The number of sulfonamides is 1. The average molecular weight is 426 g/mol. The zero-order chi connectivity index (χ0) is 20.4. The Bertz CT molecular complexity index is 1290. The van der Waals surface area contributed by atoms with Crippen LogP contribution in [-0.4, -0.2) is 13.5 Å². The minimum absolute atomic E-state index is 0.0724. The molecule has 0 heterocycles. The van der Waals surface area contributed by atoms with Gasteiger partial charge in [0.1, 0.15) is 11.6 Å². The van der Waals surface area contributed by atoms with E-state index in [0.29, 0.717) is 21.4 Å². The van der Waals surface area contributed by atoms with Gasteiger partial charge in [-0.25, -0.2) is 12.8 Å². The number of rotatable bonds is 5. The number of anilines is 1. The van der Waals surface area contributed by atoms with Gasteiger partial charge >= 0.3 is 0 Å². The summed E-state index contributed by atoms with van der Waals surface area (Å²) in [6, 6.07) is 22.8. The molecule has 7 heteroatoms. The highest BCUT2D eigenvalue weighted by Crippen LogP contribution is 2.42. The Kier molecular flexibility index (Phi) is 5.17. The molecule has 4 aromatic carbocycles. The Hall–Kier alpha value is -3.03. The van der Waals surface area contributed by atoms with Crippen LogP contribution in [0.15, 0.2) is 99.6 Å². The molecule has 0 spiro atoms. The fourth-order valence-corrected chi connectivity index (χ4v) is 4.98. The Morgan fingerprint density at radius 2 is 1.52 bits per heavy atom. The summed E-state index contributed by atoms with van der Waals surface area (Å²) < 4.78 is 41.7. The lowest BCUT2D eigenvalue weighted by molar-refractivity contribution is 0.469. The lowest BCUT2D eigenvalue weighted by Crippen LogP contribution is -2.13. The first-order chi connectivity index (χ1) is 13.9. The van der Waals surface area contributed by atoms with Gasteiger partial charge in [0.15, 0.2) is 0 Å². The lowest BCUT2D eigenvalue weighted by Gasteiger charge is -2.15. The number of phenols is 1. The van der Waals surface area contributed by atoms with Crippen molar-refractivity contribution in [3.8, 4) is 5.75 Å². The molecule has 0 saturated heterocycles. The van der Waals surface area contributed by atoms with Crippen molar-refractivity contribution in [2.24, 2.45) is 0 Å². The molecule has 0 unspecified atom stereocenters. The molecule has 0 aliphatic carbocycles. The van der Waals surface area contributed by atoms with E-state index in [-0.39, 0.29) is 10.6 Å². The number of hydrogen-bond acceptors (Lipinski definition) is 4. The molecule has 0 bridgehead atoms. The van der Waals surface area contributed by atoms with E-state index in [1.54, 1.807) is 30.3 Å². The van der Waals surface area contributed by atoms with Gasteiger partial charge in [0.25, 0.3) is 10.0 Å². The van der Waals surface area contributed by atoms with Gasteiger partial charge in [0.05, 0.1) is 15.5 Å². The number of phenolic OH excluding ortho intramolecular Hbond substituents is 1. The fourth-order valence-electron chi connectivity index (χ4n) is 2.95. The van der Waals surface area contributed by atoms with Crippen molar-refractivity contribution in [3.05, 3.63) is 90.7 Å². The van der Waals surface area contributed by atoms with Crippen LogP contribution in [0.1, 0.15) is 0 Å². The van der Waals surface area contributed by atoms with Gasteiger partial charge in [0, 0.05) is 15.7 Å². The standard InChI is InChI=1S/C22H16FNO3S2/c23-15-7-6-10-17(13-15)29(26,27)24-20-14-21(28-16-8-2-1-3-9-16)22(25)19-12-5-4-11-18(19)20/h1-14,24-25H. The van der Waals surface area contributed by atoms with Gasteiger partial charge in [-0.05, 0) is 36.4 Å². The van der Waals surface area contributed by atoms with Crippen LogP contribution < -0.4 is 4.72 Å². The normalized spacial score (nSPS) is 11.5. The molecule has 4 nitrogen and oxygen atoms in total. The van der Waals surface area contributed by atoms with Crippen molar-refractivity contribution in [1.29, 1.82) is 0 Å². The number of halogens is 1. The first-order valence-electron chi connectivity index (χ1n) is 8.70. The third-order valence-electron chi connectivity index (χ3n) is 4.30. The molecule has 0 fully saturated rings. The van der Waals surface area contributed by atoms with E-state index in [1.165, 1.54) is 30.0 Å². The lowest BCUT2D eigenvalue weighted by atomic mass is 10.1. The smallest absolute Gasteiger partial charge is 0.262 e. The van der Waals surface area contributed by atoms with Crippen molar-refractivity contribution in [2.75, 3.05) is 4.72 Å². The van der Waals surface area contributed by atoms with Gasteiger partial charge < -0.3 is 5.11 Å². The molecule has 0 aliphatic rings. The van der Waals surface area contributed by atoms with Crippen molar-refractivity contribution in [1.82, 2.24) is 0 Å². The molecule has 0 radical (unpaired) electrons. The number of nitrogens with one attached hydrogen (secondary N) is 1. The molecule has 0 amide bonds. The first-order valence-corrected chi connectivity index (χ1v) is 11.0. The van der Waals surface area contributed by atoms with E-state index < -0.39 is 15.8 Å². The topological polar surface area (TPSA) is 66.4 Å². The second-order valence-corrected chi connectivity index (χ2v) is 9.09. The molecule has 0 aromatic heterocycles. The largest absolute Gasteiger partial charge is 0.506 e. The fraction of sp³-hybridized carbons (Fsp3) is 0. The van der Waals surface area contributed by atoms with Crippen LogP contribution >= 0.6 is 11.8 Å². The second-order valence-electron chi connectivity index (χ2n) is 6.29. The highest BCUT2D eigenvalue weighted by atomic mass is 32.2. The van der Waals surface area contributed by atoms with E-state index in [2.05, 4.69) is 4.72 Å². The van der Waals surface area contributed by atoms with Crippen molar-refractivity contribution < 1.29 is 17.9 Å². The zero-order valence-electron chi connectivity index (χ0n) is 15.0. The molecule has 4 aromatic rings. The minimum atomic E-state index is -4.01. The van der Waals surface area contributed by atoms with E-state index in [4.69, 9.17) is 0 Å². The van der Waals surface area contributed by atoms with E-state index in [9.17, 15) is 17.9 Å². The summed E-state index contributed by atoms with van der Waals surface area (Å²) >= 11 is 1.32. The van der Waals surface area contributed by atoms with Crippen LogP contribution in [0.25, 0.3) is 10.8 Å². The van der Waals surface area contributed by atoms with Crippen LogP contribution in [-0.2, 0) is 10.0 Å². The predicted molar refractivity (Wildman–Crippen MR) is 113 cm³/mol. The van der Waals surface area contributed by atoms with Crippen LogP contribution in [0.4, 0.5) is 10.1 Å². The molecule has 2 N–H and O–H groups in total. The maximum absolute atomic E-state index is 13.5. The van der Waals surface area contributed by atoms with Gasteiger partial charge in [-0.3, -0.25) is 4.72 Å². The second kappa shape index (κ2) is 7.77. The molecule has 0 atom stereocenters. The maximum atomic E-state index is 13.5. The van der Waals surface area contributed by atoms with E-state index in [1.807, 2.05) is 30.3 Å². The van der Waals surface area contributed by atoms with Crippen molar-refractivity contribution in [3.63, 3.8) is 0 Å². The van der Waals surface area contributed by atoms with Crippen LogP contribution in [0.5, 0.6) is 5.75 Å². The highest BCUT2D eigenvalue weighted by molar-refractivity contribution is 7.99. The molecule has 29 heavy (non-hydrogen) atoms. The van der Waals surface area contributed by atoms with Crippen molar-refractivity contribution in [2.45, 2.75) is 14.7 Å². The molecular formula is C22H16FNO3S2. The number of benzene rings is 4. The van der Waals surface area contributed by atoms with E-state index in [0.717, 1.165) is 11.0 Å². The summed E-state index contributed by atoms with van der Waals surface area (Å²) in [5, 5.41) is 11.8. The van der Waals surface area contributed by atoms with Gasteiger partial charge in [-0.15, -0.1) is 0 Å². The van der Waals surface area contributed by atoms with Gasteiger partial charge in [0.2, 0.25) is 0 Å². The predicted octanol–water partition coefficient (Wildman–Crippen LogP) is 5.64.